The smallest absolute Gasteiger partial charge is 0.272 e. The Morgan fingerprint density at radius 3 is 2.40 bits per heavy atom. The summed E-state index contributed by atoms with van der Waals surface area (Å²) in [6.45, 7) is 6.80. The highest BCUT2D eigenvalue weighted by Crippen LogP contribution is 2.23. The lowest BCUT2D eigenvalue weighted by atomic mass is 10.0. The summed E-state index contributed by atoms with van der Waals surface area (Å²) in [7, 11) is 0. The molecule has 1 unspecified atom stereocenters. The molecule has 1 aromatic rings. The average molecular weight is 373 g/mol. The summed E-state index contributed by atoms with van der Waals surface area (Å²) in [6.07, 6.45) is 0. The summed E-state index contributed by atoms with van der Waals surface area (Å²) in [5, 5.41) is 16.1. The number of hydrogen-bond acceptors (Lipinski definition) is 5. The van der Waals surface area contributed by atoms with Gasteiger partial charge in [0.05, 0.1) is 23.6 Å². The van der Waals surface area contributed by atoms with Crippen molar-refractivity contribution in [3.63, 3.8) is 0 Å². The fraction of sp³-hybridized carbons (Fsp3) is 0.500. The zero-order valence-electron chi connectivity index (χ0n) is 14.7. The van der Waals surface area contributed by atoms with Gasteiger partial charge >= 0.3 is 0 Å². The van der Waals surface area contributed by atoms with Gasteiger partial charge in [0.25, 0.3) is 5.69 Å². The zero-order valence-corrected chi connectivity index (χ0v) is 15.6. The van der Waals surface area contributed by atoms with Crippen LogP contribution >= 0.6 is 12.4 Å². The minimum atomic E-state index is -0.671. The number of nitro benzene ring substituents is 1. The molecule has 0 aliphatic carbocycles. The van der Waals surface area contributed by atoms with E-state index in [9.17, 15) is 19.7 Å². The fourth-order valence-corrected chi connectivity index (χ4v) is 2.06. The molecule has 2 amide bonds. The van der Waals surface area contributed by atoms with Gasteiger partial charge in [0.2, 0.25) is 11.8 Å². The molecule has 0 aromatic heterocycles. The van der Waals surface area contributed by atoms with Crippen molar-refractivity contribution in [1.82, 2.24) is 10.6 Å². The summed E-state index contributed by atoms with van der Waals surface area (Å²) >= 11 is 0. The van der Waals surface area contributed by atoms with E-state index in [-0.39, 0.29) is 30.6 Å². The molecule has 0 spiro atoms. The van der Waals surface area contributed by atoms with Crippen LogP contribution in [0.5, 0.6) is 0 Å². The van der Waals surface area contributed by atoms with E-state index in [2.05, 4.69) is 10.6 Å². The zero-order chi connectivity index (χ0) is 18.4. The second-order valence-electron chi connectivity index (χ2n) is 6.08. The molecule has 140 valence electrons. The molecule has 0 radical (unpaired) electrons. The normalized spacial score (nSPS) is 12.7. The number of carbonyl (C=O) groups excluding carboxylic acids is 2. The first kappa shape index (κ1) is 22.8. The molecule has 0 heterocycles. The van der Waals surface area contributed by atoms with Crippen LogP contribution in [0.1, 0.15) is 37.9 Å². The minimum Gasteiger partial charge on any atom is -0.348 e. The molecule has 1 aromatic carbocycles. The summed E-state index contributed by atoms with van der Waals surface area (Å²) in [5.74, 6) is -0.811. The first-order valence-corrected chi connectivity index (χ1v) is 7.71. The molecule has 2 atom stereocenters. The number of nitrogens with two attached hydrogens (primary N) is 1. The van der Waals surface area contributed by atoms with Gasteiger partial charge in [-0.1, -0.05) is 26.0 Å². The van der Waals surface area contributed by atoms with Gasteiger partial charge < -0.3 is 16.4 Å². The number of carbonyl (C=O) groups is 2. The van der Waals surface area contributed by atoms with Crippen LogP contribution in [0.25, 0.3) is 0 Å². The van der Waals surface area contributed by atoms with Crippen LogP contribution in [-0.4, -0.2) is 29.3 Å². The SMILES string of the molecule is Cc1ccc(C(C)NC(=O)CNC(=O)[C@@H](N)C(C)C)cc1[N+](=O)[O-].Cl. The van der Waals surface area contributed by atoms with Crippen molar-refractivity contribution >= 4 is 29.9 Å². The van der Waals surface area contributed by atoms with Crippen molar-refractivity contribution < 1.29 is 14.5 Å². The maximum absolute atomic E-state index is 11.9. The highest BCUT2D eigenvalue weighted by atomic mass is 35.5. The van der Waals surface area contributed by atoms with Gasteiger partial charge in [0, 0.05) is 11.6 Å². The molecular formula is C16H25ClN4O4. The van der Waals surface area contributed by atoms with Gasteiger partial charge in [-0.15, -0.1) is 12.4 Å². The molecule has 25 heavy (non-hydrogen) atoms. The Balaban J connectivity index is 0.00000576. The molecule has 4 N–H and O–H groups in total. The highest BCUT2D eigenvalue weighted by molar-refractivity contribution is 5.87. The van der Waals surface area contributed by atoms with Gasteiger partial charge in [-0.25, -0.2) is 0 Å². The molecule has 0 saturated carbocycles. The number of aryl methyl sites for hydroxylation is 1. The summed E-state index contributed by atoms with van der Waals surface area (Å²) in [5.41, 5.74) is 6.86. The average Bonchev–Trinajstić information content (AvgIpc) is 2.51. The van der Waals surface area contributed by atoms with Crippen LogP contribution in [0.4, 0.5) is 5.69 Å². The van der Waals surface area contributed by atoms with Crippen molar-refractivity contribution in [2.45, 2.75) is 39.8 Å². The maximum atomic E-state index is 11.9. The van der Waals surface area contributed by atoms with E-state index < -0.39 is 28.8 Å². The molecule has 0 aliphatic rings. The third kappa shape index (κ3) is 6.67. The molecule has 1 rings (SSSR count). The number of halogens is 1. The molecule has 8 nitrogen and oxygen atoms in total. The van der Waals surface area contributed by atoms with Gasteiger partial charge in [-0.05, 0) is 25.3 Å². The first-order chi connectivity index (χ1) is 11.1. The Bertz CT molecular complexity index is 637. The van der Waals surface area contributed by atoms with Crippen LogP contribution in [0, 0.1) is 23.0 Å². The van der Waals surface area contributed by atoms with E-state index in [0.717, 1.165) is 0 Å². The second-order valence-corrected chi connectivity index (χ2v) is 6.08. The van der Waals surface area contributed by atoms with Crippen molar-refractivity contribution in [1.29, 1.82) is 0 Å². The Labute approximate surface area is 153 Å². The molecule has 0 aliphatic heterocycles. The fourth-order valence-electron chi connectivity index (χ4n) is 2.06. The standard InChI is InChI=1S/C16H24N4O4.ClH/c1-9(2)15(17)16(22)18-8-14(21)19-11(4)12-6-5-10(3)13(7-12)20(23)24;/h5-7,9,11,15H,8,17H2,1-4H3,(H,18,22)(H,19,21);1H/t11?,15-;/m0./s1. The van der Waals surface area contributed by atoms with Crippen molar-refractivity contribution in [3.8, 4) is 0 Å². The van der Waals surface area contributed by atoms with Gasteiger partial charge in [0.1, 0.15) is 0 Å². The van der Waals surface area contributed by atoms with Gasteiger partial charge in [0.15, 0.2) is 0 Å². The number of nitrogens with one attached hydrogen (secondary N) is 2. The molecule has 0 fully saturated rings. The monoisotopic (exact) mass is 372 g/mol. The number of benzene rings is 1. The van der Waals surface area contributed by atoms with Crippen molar-refractivity contribution in [2.75, 3.05) is 6.54 Å². The minimum absolute atomic E-state index is 0. The van der Waals surface area contributed by atoms with Crippen LogP contribution in [0.3, 0.4) is 0 Å². The lowest BCUT2D eigenvalue weighted by molar-refractivity contribution is -0.385. The van der Waals surface area contributed by atoms with Crippen LogP contribution < -0.4 is 16.4 Å². The summed E-state index contributed by atoms with van der Waals surface area (Å²) < 4.78 is 0. The van der Waals surface area contributed by atoms with E-state index in [1.807, 2.05) is 13.8 Å². The van der Waals surface area contributed by atoms with Crippen molar-refractivity contribution in [2.24, 2.45) is 11.7 Å². The first-order valence-electron chi connectivity index (χ1n) is 7.71. The number of nitrogens with zero attached hydrogens (tertiary/aromatic N) is 1. The second kappa shape index (κ2) is 9.95. The van der Waals surface area contributed by atoms with E-state index in [0.29, 0.717) is 11.1 Å². The van der Waals surface area contributed by atoms with Crippen molar-refractivity contribution in [3.05, 3.63) is 39.4 Å². The van der Waals surface area contributed by atoms with Gasteiger partial charge in [-0.2, -0.15) is 0 Å². The van der Waals surface area contributed by atoms with E-state index in [1.54, 1.807) is 26.0 Å². The topological polar surface area (TPSA) is 127 Å². The van der Waals surface area contributed by atoms with Gasteiger partial charge in [-0.3, -0.25) is 19.7 Å². The Morgan fingerprint density at radius 1 is 1.28 bits per heavy atom. The third-order valence-corrected chi connectivity index (χ3v) is 3.75. The molecule has 0 bridgehead atoms. The molecular weight excluding hydrogens is 348 g/mol. The lowest BCUT2D eigenvalue weighted by Crippen LogP contribution is -2.47. The number of amides is 2. The number of nitro groups is 1. The van der Waals surface area contributed by atoms with E-state index >= 15 is 0 Å². The quantitative estimate of drug-likeness (QED) is 0.494. The summed E-state index contributed by atoms with van der Waals surface area (Å²) in [4.78, 5) is 34.1. The van der Waals surface area contributed by atoms with E-state index in [4.69, 9.17) is 5.73 Å². The largest absolute Gasteiger partial charge is 0.348 e. The van der Waals surface area contributed by atoms with Crippen LogP contribution in [-0.2, 0) is 9.59 Å². The predicted octanol–water partition coefficient (Wildman–Crippen LogP) is 1.60. The number of hydrogen-bond donors (Lipinski definition) is 3. The molecule has 0 saturated heterocycles. The van der Waals surface area contributed by atoms with Crippen LogP contribution in [0.15, 0.2) is 18.2 Å². The Kier molecular flexibility index (Phi) is 9.08. The predicted molar refractivity (Wildman–Crippen MR) is 97.5 cm³/mol. The van der Waals surface area contributed by atoms with Crippen LogP contribution in [0.2, 0.25) is 0 Å². The number of rotatable bonds is 7. The summed E-state index contributed by atoms with van der Waals surface area (Å²) in [6, 6.07) is 3.70. The third-order valence-electron chi connectivity index (χ3n) is 3.75. The highest BCUT2D eigenvalue weighted by Gasteiger charge is 2.19. The van der Waals surface area contributed by atoms with E-state index in [1.165, 1.54) is 6.07 Å². The Hall–Kier alpha value is -2.19. The Morgan fingerprint density at radius 2 is 1.88 bits per heavy atom. The maximum Gasteiger partial charge on any atom is 0.272 e. The molecule has 9 heteroatoms. The lowest BCUT2D eigenvalue weighted by Gasteiger charge is -2.17.